The molecule has 0 unspecified atom stereocenters. The van der Waals surface area contributed by atoms with Crippen molar-refractivity contribution in [3.05, 3.63) is 69.9 Å². The summed E-state index contributed by atoms with van der Waals surface area (Å²) in [6.45, 7) is 0. The van der Waals surface area contributed by atoms with Gasteiger partial charge in [-0.05, 0) is 34.1 Å². The van der Waals surface area contributed by atoms with Crippen molar-refractivity contribution in [2.75, 3.05) is 7.05 Å². The molecule has 0 spiro atoms. The summed E-state index contributed by atoms with van der Waals surface area (Å²) in [5, 5.41) is 4.29. The van der Waals surface area contributed by atoms with Crippen LogP contribution in [-0.2, 0) is 9.53 Å². The predicted octanol–water partition coefficient (Wildman–Crippen LogP) is 2.94. The number of nitrogens with one attached hydrogen (secondary N) is 2. The van der Waals surface area contributed by atoms with Gasteiger partial charge in [-0.3, -0.25) is 10.1 Å². The monoisotopic (exact) mass is 408 g/mol. The molecule has 0 aliphatic heterocycles. The van der Waals surface area contributed by atoms with Crippen LogP contribution < -0.4 is 10.6 Å². The number of amides is 3. The number of hydrogen-bond donors (Lipinski definition) is 2. The molecule has 0 bridgehead atoms. The van der Waals surface area contributed by atoms with Crippen molar-refractivity contribution < 1.29 is 23.5 Å². The van der Waals surface area contributed by atoms with Gasteiger partial charge in [-0.25, -0.2) is 14.0 Å². The van der Waals surface area contributed by atoms with Crippen LogP contribution in [0.3, 0.4) is 0 Å². The summed E-state index contributed by atoms with van der Waals surface area (Å²) < 4.78 is 18.9. The van der Waals surface area contributed by atoms with Crippen LogP contribution in [0, 0.1) is 5.82 Å². The number of urea groups is 1. The Morgan fingerprint density at radius 2 is 1.80 bits per heavy atom. The zero-order chi connectivity index (χ0) is 18.4. The maximum absolute atomic E-state index is 13.4. The Morgan fingerprint density at radius 1 is 1.12 bits per heavy atom. The third-order valence-electron chi connectivity index (χ3n) is 3.18. The Hall–Kier alpha value is -2.74. The average Bonchev–Trinajstić information content (AvgIpc) is 2.61. The van der Waals surface area contributed by atoms with Crippen LogP contribution in [0.2, 0.25) is 0 Å². The number of carbonyl (C=O) groups is 3. The minimum Gasteiger partial charge on any atom is -0.444 e. The fourth-order valence-corrected chi connectivity index (χ4v) is 2.37. The molecule has 0 heterocycles. The van der Waals surface area contributed by atoms with Gasteiger partial charge in [0, 0.05) is 17.1 Å². The smallest absolute Gasteiger partial charge is 0.340 e. The van der Waals surface area contributed by atoms with Crippen LogP contribution in [0.1, 0.15) is 22.0 Å². The first kappa shape index (κ1) is 18.6. The van der Waals surface area contributed by atoms with E-state index in [9.17, 15) is 18.8 Å². The molecule has 0 aliphatic rings. The maximum Gasteiger partial charge on any atom is 0.340 e. The van der Waals surface area contributed by atoms with Crippen molar-refractivity contribution in [1.82, 2.24) is 10.6 Å². The number of imide groups is 1. The van der Waals surface area contributed by atoms with Crippen LogP contribution in [0.5, 0.6) is 0 Å². The van der Waals surface area contributed by atoms with E-state index in [0.29, 0.717) is 10.0 Å². The molecule has 0 fully saturated rings. The summed E-state index contributed by atoms with van der Waals surface area (Å²) in [5.74, 6) is -2.36. The van der Waals surface area contributed by atoms with Gasteiger partial charge in [0.2, 0.25) is 6.10 Å². The van der Waals surface area contributed by atoms with Gasteiger partial charge in [0.15, 0.2) is 0 Å². The number of benzene rings is 2. The van der Waals surface area contributed by atoms with Gasteiger partial charge in [-0.2, -0.15) is 0 Å². The molecule has 1 atom stereocenters. The van der Waals surface area contributed by atoms with E-state index in [0.717, 1.165) is 6.07 Å². The summed E-state index contributed by atoms with van der Waals surface area (Å²) >= 11 is 3.13. The standard InChI is InChI=1S/C17H14BrFN2O4/c1-20-17(24)21-15(22)14(10-5-3-2-4-6-10)25-16(23)12-9-11(19)7-8-13(12)18/h2-9,14H,1H3,(H2,20,21,22,24)/t14-/m1/s1. The van der Waals surface area contributed by atoms with Gasteiger partial charge in [0.1, 0.15) is 5.82 Å². The number of carbonyl (C=O) groups excluding carboxylic acids is 3. The van der Waals surface area contributed by atoms with Crippen molar-refractivity contribution in [2.45, 2.75) is 6.10 Å². The van der Waals surface area contributed by atoms with Gasteiger partial charge in [0.05, 0.1) is 5.56 Å². The number of esters is 1. The third kappa shape index (κ3) is 4.87. The molecule has 8 heteroatoms. The highest BCUT2D eigenvalue weighted by Gasteiger charge is 2.27. The largest absolute Gasteiger partial charge is 0.444 e. The van der Waals surface area contributed by atoms with Gasteiger partial charge in [-0.15, -0.1) is 0 Å². The topological polar surface area (TPSA) is 84.5 Å². The minimum atomic E-state index is -1.37. The Balaban J connectivity index is 2.29. The van der Waals surface area contributed by atoms with Crippen LogP contribution in [0.15, 0.2) is 53.0 Å². The van der Waals surface area contributed by atoms with E-state index in [1.807, 2.05) is 0 Å². The minimum absolute atomic E-state index is 0.0753. The Labute approximate surface area is 151 Å². The molecule has 2 aromatic rings. The lowest BCUT2D eigenvalue weighted by Crippen LogP contribution is -2.41. The number of rotatable bonds is 4. The Bertz CT molecular complexity index is 798. The first-order chi connectivity index (χ1) is 11.9. The van der Waals surface area contributed by atoms with Gasteiger partial charge in [0.25, 0.3) is 5.91 Å². The van der Waals surface area contributed by atoms with Crippen molar-refractivity contribution in [1.29, 1.82) is 0 Å². The van der Waals surface area contributed by atoms with Crippen LogP contribution >= 0.6 is 15.9 Å². The van der Waals surface area contributed by atoms with E-state index in [1.165, 1.54) is 19.2 Å². The number of halogens is 2. The van der Waals surface area contributed by atoms with E-state index in [1.54, 1.807) is 30.3 Å². The summed E-state index contributed by atoms with van der Waals surface area (Å²) in [4.78, 5) is 36.0. The highest BCUT2D eigenvalue weighted by molar-refractivity contribution is 9.10. The summed E-state index contributed by atoms with van der Waals surface area (Å²) in [7, 11) is 1.34. The normalized spacial score (nSPS) is 11.3. The molecule has 6 nitrogen and oxygen atoms in total. The first-order valence-corrected chi connectivity index (χ1v) is 7.95. The van der Waals surface area contributed by atoms with Crippen molar-refractivity contribution in [3.63, 3.8) is 0 Å². The quantitative estimate of drug-likeness (QED) is 0.761. The van der Waals surface area contributed by atoms with E-state index in [-0.39, 0.29) is 5.56 Å². The van der Waals surface area contributed by atoms with Gasteiger partial charge >= 0.3 is 12.0 Å². The van der Waals surface area contributed by atoms with Crippen LogP contribution in [0.25, 0.3) is 0 Å². The molecule has 25 heavy (non-hydrogen) atoms. The molecule has 0 aliphatic carbocycles. The molecule has 130 valence electrons. The molecule has 3 amide bonds. The zero-order valence-corrected chi connectivity index (χ0v) is 14.7. The second-order valence-corrected chi connectivity index (χ2v) is 5.74. The van der Waals surface area contributed by atoms with Crippen molar-refractivity contribution in [3.8, 4) is 0 Å². The highest BCUT2D eigenvalue weighted by Crippen LogP contribution is 2.23. The van der Waals surface area contributed by atoms with Gasteiger partial charge < -0.3 is 10.1 Å². The second-order valence-electron chi connectivity index (χ2n) is 4.89. The van der Waals surface area contributed by atoms with E-state index >= 15 is 0 Å². The highest BCUT2D eigenvalue weighted by atomic mass is 79.9. The molecule has 0 aromatic heterocycles. The number of hydrogen-bond acceptors (Lipinski definition) is 4. The Kier molecular flexibility index (Phi) is 6.24. The summed E-state index contributed by atoms with van der Waals surface area (Å²) in [6, 6.07) is 11.0. The molecule has 0 saturated heterocycles. The molecular formula is C17H14BrFN2O4. The first-order valence-electron chi connectivity index (χ1n) is 7.16. The molecule has 2 rings (SSSR count). The molecule has 2 N–H and O–H groups in total. The molecule has 0 radical (unpaired) electrons. The van der Waals surface area contributed by atoms with Gasteiger partial charge in [-0.1, -0.05) is 30.3 Å². The fourth-order valence-electron chi connectivity index (χ4n) is 1.97. The summed E-state index contributed by atoms with van der Waals surface area (Å²) in [6.07, 6.45) is -1.37. The van der Waals surface area contributed by atoms with E-state index in [4.69, 9.17) is 4.74 Å². The molecule has 2 aromatic carbocycles. The summed E-state index contributed by atoms with van der Waals surface area (Å²) in [5.41, 5.74) is 0.290. The van der Waals surface area contributed by atoms with Crippen molar-refractivity contribution >= 4 is 33.8 Å². The van der Waals surface area contributed by atoms with E-state index in [2.05, 4.69) is 26.6 Å². The van der Waals surface area contributed by atoms with E-state index < -0.39 is 29.8 Å². The zero-order valence-electron chi connectivity index (χ0n) is 13.1. The predicted molar refractivity (Wildman–Crippen MR) is 91.3 cm³/mol. The third-order valence-corrected chi connectivity index (χ3v) is 3.87. The lowest BCUT2D eigenvalue weighted by Gasteiger charge is -2.18. The second kappa shape index (κ2) is 8.39. The number of ether oxygens (including phenoxy) is 1. The lowest BCUT2D eigenvalue weighted by atomic mass is 10.1. The fraction of sp³-hybridized carbons (Fsp3) is 0.118. The molecule has 0 saturated carbocycles. The lowest BCUT2D eigenvalue weighted by molar-refractivity contribution is -0.129. The van der Waals surface area contributed by atoms with Crippen molar-refractivity contribution in [2.24, 2.45) is 0 Å². The maximum atomic E-state index is 13.4. The molecular weight excluding hydrogens is 395 g/mol. The SMILES string of the molecule is CNC(=O)NC(=O)[C@H](OC(=O)c1cc(F)ccc1Br)c1ccccc1. The van der Waals surface area contributed by atoms with Crippen LogP contribution in [-0.4, -0.2) is 25.0 Å². The van der Waals surface area contributed by atoms with Crippen LogP contribution in [0.4, 0.5) is 9.18 Å². The Morgan fingerprint density at radius 3 is 2.44 bits per heavy atom. The average molecular weight is 409 g/mol.